The van der Waals surface area contributed by atoms with Gasteiger partial charge in [-0.2, -0.15) is 0 Å². The Hall–Kier alpha value is -2.14. The van der Waals surface area contributed by atoms with Gasteiger partial charge >= 0.3 is 0 Å². The Morgan fingerprint density at radius 1 is 1.10 bits per heavy atom. The van der Waals surface area contributed by atoms with E-state index >= 15 is 0 Å². The first-order valence-corrected chi connectivity index (χ1v) is 6.49. The van der Waals surface area contributed by atoms with Gasteiger partial charge in [0, 0.05) is 11.6 Å². The summed E-state index contributed by atoms with van der Waals surface area (Å²) in [5.41, 5.74) is 7.13. The first-order valence-electron chi connectivity index (χ1n) is 6.49. The minimum Gasteiger partial charge on any atom is -0.493 e. The highest BCUT2D eigenvalue weighted by Crippen LogP contribution is 2.28. The van der Waals surface area contributed by atoms with Crippen LogP contribution in [0, 0.1) is 18.6 Å². The zero-order valence-corrected chi connectivity index (χ0v) is 11.9. The van der Waals surface area contributed by atoms with Crippen molar-refractivity contribution in [2.24, 2.45) is 5.73 Å². The van der Waals surface area contributed by atoms with E-state index in [2.05, 4.69) is 0 Å². The highest BCUT2D eigenvalue weighted by Gasteiger charge is 2.14. The van der Waals surface area contributed by atoms with Crippen molar-refractivity contribution in [3.63, 3.8) is 0 Å². The largest absolute Gasteiger partial charge is 0.493 e. The molecule has 0 saturated carbocycles. The zero-order valence-electron chi connectivity index (χ0n) is 11.9. The number of rotatable bonds is 5. The third-order valence-corrected chi connectivity index (χ3v) is 3.10. The van der Waals surface area contributed by atoms with Gasteiger partial charge in [-0.3, -0.25) is 0 Å². The normalized spacial score (nSPS) is 12.0. The molecule has 3 nitrogen and oxygen atoms in total. The van der Waals surface area contributed by atoms with Gasteiger partial charge in [0.2, 0.25) is 0 Å². The van der Waals surface area contributed by atoms with E-state index in [1.165, 1.54) is 12.1 Å². The first-order chi connectivity index (χ1) is 10.0. The smallest absolute Gasteiger partial charge is 0.161 e. The second-order valence-electron chi connectivity index (χ2n) is 4.74. The van der Waals surface area contributed by atoms with Gasteiger partial charge in [0.1, 0.15) is 18.2 Å². The zero-order chi connectivity index (χ0) is 15.4. The molecule has 2 rings (SSSR count). The molecule has 0 radical (unpaired) electrons. The molecule has 1 atom stereocenters. The molecule has 0 amide bonds. The van der Waals surface area contributed by atoms with Gasteiger partial charge in [-0.05, 0) is 30.7 Å². The molecule has 0 aliphatic rings. The lowest BCUT2D eigenvalue weighted by Crippen LogP contribution is -2.20. The van der Waals surface area contributed by atoms with E-state index in [0.717, 1.165) is 11.6 Å². The maximum Gasteiger partial charge on any atom is 0.161 e. The van der Waals surface area contributed by atoms with Crippen LogP contribution in [0.3, 0.4) is 0 Å². The summed E-state index contributed by atoms with van der Waals surface area (Å²) in [5.74, 6) is -0.200. The summed E-state index contributed by atoms with van der Waals surface area (Å²) in [6.07, 6.45) is 0. The predicted octanol–water partition coefficient (Wildman–Crippen LogP) is 3.36. The van der Waals surface area contributed by atoms with Gasteiger partial charge in [-0.15, -0.1) is 0 Å². The molecule has 112 valence electrons. The molecule has 0 saturated heterocycles. The van der Waals surface area contributed by atoms with E-state index in [1.54, 1.807) is 13.2 Å². The maximum atomic E-state index is 13.6. The Balaban J connectivity index is 2.09. The fraction of sp³-hybridized carbons (Fsp3) is 0.250. The van der Waals surface area contributed by atoms with Crippen molar-refractivity contribution in [1.29, 1.82) is 0 Å². The van der Waals surface area contributed by atoms with Crippen molar-refractivity contribution in [1.82, 2.24) is 0 Å². The van der Waals surface area contributed by atoms with Crippen LogP contribution in [0.2, 0.25) is 0 Å². The molecule has 2 aromatic rings. The van der Waals surface area contributed by atoms with Crippen LogP contribution >= 0.6 is 0 Å². The molecule has 2 aromatic carbocycles. The third-order valence-electron chi connectivity index (χ3n) is 3.10. The summed E-state index contributed by atoms with van der Waals surface area (Å²) in [6.45, 7) is 1.99. The molecule has 1 unspecified atom stereocenters. The lowest BCUT2D eigenvalue weighted by Gasteiger charge is -2.16. The highest BCUT2D eigenvalue weighted by atomic mass is 19.1. The van der Waals surface area contributed by atoms with E-state index < -0.39 is 17.7 Å². The molecule has 5 heteroatoms. The van der Waals surface area contributed by atoms with Crippen molar-refractivity contribution < 1.29 is 18.3 Å². The molecule has 0 heterocycles. The van der Waals surface area contributed by atoms with Crippen molar-refractivity contribution in [3.05, 3.63) is 59.2 Å². The second-order valence-corrected chi connectivity index (χ2v) is 4.74. The first kappa shape index (κ1) is 15.3. The minimum absolute atomic E-state index is 0.0575. The third kappa shape index (κ3) is 3.70. The van der Waals surface area contributed by atoms with Crippen LogP contribution in [0.1, 0.15) is 17.2 Å². The molecule has 2 N–H and O–H groups in total. The summed E-state index contributed by atoms with van der Waals surface area (Å²) in [6, 6.07) is 8.08. The summed E-state index contributed by atoms with van der Waals surface area (Å²) >= 11 is 0. The summed E-state index contributed by atoms with van der Waals surface area (Å²) in [4.78, 5) is 0. The van der Waals surface area contributed by atoms with Crippen molar-refractivity contribution >= 4 is 0 Å². The monoisotopic (exact) mass is 293 g/mol. The summed E-state index contributed by atoms with van der Waals surface area (Å²) < 4.78 is 37.3. The number of benzene rings is 2. The number of nitrogens with two attached hydrogens (primary N) is 1. The predicted molar refractivity (Wildman–Crippen MR) is 76.5 cm³/mol. The van der Waals surface area contributed by atoms with Gasteiger partial charge in [0.15, 0.2) is 11.5 Å². The Kier molecular flexibility index (Phi) is 4.75. The van der Waals surface area contributed by atoms with E-state index in [0.29, 0.717) is 11.5 Å². The molecule has 0 fully saturated rings. The van der Waals surface area contributed by atoms with Crippen LogP contribution < -0.4 is 15.2 Å². The van der Waals surface area contributed by atoms with Crippen LogP contribution in [0.15, 0.2) is 36.4 Å². The van der Waals surface area contributed by atoms with E-state index in [-0.39, 0.29) is 12.2 Å². The van der Waals surface area contributed by atoms with Crippen LogP contribution in [0.4, 0.5) is 8.78 Å². The molecule has 21 heavy (non-hydrogen) atoms. The molecule has 0 aliphatic carbocycles. The van der Waals surface area contributed by atoms with Crippen LogP contribution in [-0.4, -0.2) is 13.7 Å². The molecular formula is C16H17F2NO2. The quantitative estimate of drug-likeness (QED) is 0.919. The van der Waals surface area contributed by atoms with Crippen molar-refractivity contribution in [3.8, 4) is 11.5 Å². The molecule has 0 aliphatic heterocycles. The average molecular weight is 293 g/mol. The van der Waals surface area contributed by atoms with Crippen molar-refractivity contribution in [2.75, 3.05) is 13.7 Å². The van der Waals surface area contributed by atoms with Crippen LogP contribution in [0.25, 0.3) is 0 Å². The minimum atomic E-state index is -0.698. The van der Waals surface area contributed by atoms with Crippen LogP contribution in [0.5, 0.6) is 11.5 Å². The molecule has 0 bridgehead atoms. The number of methoxy groups -OCH3 is 1. The maximum absolute atomic E-state index is 13.6. The molecular weight excluding hydrogens is 276 g/mol. The number of hydrogen-bond acceptors (Lipinski definition) is 3. The standard InChI is InChI=1S/C16H17F2NO2/c1-10-3-6-15(16(7-10)20-2)21-9-14(19)12-5-4-11(17)8-13(12)18/h3-8,14H,9,19H2,1-2H3. The number of ether oxygens (including phenoxy) is 2. The molecule has 0 aromatic heterocycles. The lowest BCUT2D eigenvalue weighted by molar-refractivity contribution is 0.271. The van der Waals surface area contributed by atoms with E-state index in [9.17, 15) is 8.78 Å². The van der Waals surface area contributed by atoms with E-state index in [4.69, 9.17) is 15.2 Å². The van der Waals surface area contributed by atoms with Gasteiger partial charge in [0.25, 0.3) is 0 Å². The second kappa shape index (κ2) is 6.54. The fourth-order valence-electron chi connectivity index (χ4n) is 1.97. The average Bonchev–Trinajstić information content (AvgIpc) is 2.45. The Morgan fingerprint density at radius 3 is 2.52 bits per heavy atom. The SMILES string of the molecule is COc1cc(C)ccc1OCC(N)c1ccc(F)cc1F. The van der Waals surface area contributed by atoms with Crippen molar-refractivity contribution in [2.45, 2.75) is 13.0 Å². The Bertz CT molecular complexity index is 632. The highest BCUT2D eigenvalue weighted by molar-refractivity contribution is 5.42. The van der Waals surface area contributed by atoms with Crippen LogP contribution in [-0.2, 0) is 0 Å². The topological polar surface area (TPSA) is 44.5 Å². The Labute approximate surface area is 122 Å². The molecule has 0 spiro atoms. The lowest BCUT2D eigenvalue weighted by atomic mass is 10.1. The van der Waals surface area contributed by atoms with Gasteiger partial charge < -0.3 is 15.2 Å². The fourth-order valence-corrected chi connectivity index (χ4v) is 1.97. The van der Waals surface area contributed by atoms with Gasteiger partial charge in [0.05, 0.1) is 13.2 Å². The van der Waals surface area contributed by atoms with Gasteiger partial charge in [-0.25, -0.2) is 8.78 Å². The summed E-state index contributed by atoms with van der Waals surface area (Å²) in [5, 5.41) is 0. The number of halogens is 2. The van der Waals surface area contributed by atoms with Gasteiger partial charge in [-0.1, -0.05) is 12.1 Å². The number of aryl methyl sites for hydroxylation is 1. The number of hydrogen-bond donors (Lipinski definition) is 1. The Morgan fingerprint density at radius 2 is 1.86 bits per heavy atom. The summed E-state index contributed by atoms with van der Waals surface area (Å²) in [7, 11) is 1.54. The van der Waals surface area contributed by atoms with E-state index in [1.807, 2.05) is 19.1 Å².